The van der Waals surface area contributed by atoms with E-state index in [0.29, 0.717) is 0 Å². The standard InChI is InChI=1S/C20H27N3O/c1-15-12-22(14-20(2,3)24-15)13-18-17-10-7-11-19(17)23(21-18)16-8-5-4-6-9-16/h4-6,8-9,15H,7,10-14H2,1-3H3. The molecule has 0 radical (unpaired) electrons. The molecule has 1 saturated heterocycles. The van der Waals surface area contributed by atoms with Gasteiger partial charge < -0.3 is 4.74 Å². The normalized spacial score (nSPS) is 23.4. The maximum atomic E-state index is 6.04. The Balaban J connectivity index is 1.63. The molecule has 2 aliphatic rings. The molecule has 0 spiro atoms. The summed E-state index contributed by atoms with van der Waals surface area (Å²) in [7, 11) is 0. The van der Waals surface area contributed by atoms with Gasteiger partial charge in [-0.2, -0.15) is 5.10 Å². The van der Waals surface area contributed by atoms with E-state index in [-0.39, 0.29) is 11.7 Å². The number of hydrogen-bond acceptors (Lipinski definition) is 3. The molecule has 1 aliphatic heterocycles. The Labute approximate surface area is 144 Å². The predicted molar refractivity (Wildman–Crippen MR) is 95.5 cm³/mol. The summed E-state index contributed by atoms with van der Waals surface area (Å²) in [5.74, 6) is 0. The van der Waals surface area contributed by atoms with Crippen molar-refractivity contribution in [2.24, 2.45) is 0 Å². The van der Waals surface area contributed by atoms with Crippen LogP contribution in [0.15, 0.2) is 30.3 Å². The van der Waals surface area contributed by atoms with E-state index in [1.54, 1.807) is 0 Å². The lowest BCUT2D eigenvalue weighted by atomic mass is 10.0. The second-order valence-corrected chi connectivity index (χ2v) is 7.83. The Kier molecular flexibility index (Phi) is 3.97. The fourth-order valence-corrected chi connectivity index (χ4v) is 4.34. The molecule has 1 aromatic heterocycles. The third-order valence-corrected chi connectivity index (χ3v) is 5.03. The number of fused-ring (bicyclic) bond motifs is 1. The van der Waals surface area contributed by atoms with Crippen molar-refractivity contribution in [3.8, 4) is 5.69 Å². The monoisotopic (exact) mass is 325 g/mol. The Morgan fingerprint density at radius 1 is 1.21 bits per heavy atom. The quantitative estimate of drug-likeness (QED) is 0.867. The molecule has 4 heteroatoms. The van der Waals surface area contributed by atoms with Crippen LogP contribution in [0.2, 0.25) is 0 Å². The number of hydrogen-bond donors (Lipinski definition) is 0. The van der Waals surface area contributed by atoms with Crippen molar-refractivity contribution in [1.82, 2.24) is 14.7 Å². The lowest BCUT2D eigenvalue weighted by Crippen LogP contribution is -2.51. The SMILES string of the molecule is CC1CN(Cc2nn(-c3ccccc3)c3c2CCC3)CC(C)(C)O1. The molecular formula is C20H27N3O. The van der Waals surface area contributed by atoms with Gasteiger partial charge in [0.1, 0.15) is 0 Å². The van der Waals surface area contributed by atoms with Crippen LogP contribution in [-0.4, -0.2) is 39.5 Å². The summed E-state index contributed by atoms with van der Waals surface area (Å²) in [6, 6.07) is 10.5. The van der Waals surface area contributed by atoms with Gasteiger partial charge in [0.05, 0.1) is 23.1 Å². The van der Waals surface area contributed by atoms with Crippen LogP contribution in [0.25, 0.3) is 5.69 Å². The number of rotatable bonds is 3. The molecule has 1 atom stereocenters. The second kappa shape index (κ2) is 6.01. The number of para-hydroxylation sites is 1. The molecule has 128 valence electrons. The third kappa shape index (κ3) is 3.01. The van der Waals surface area contributed by atoms with Gasteiger partial charge in [0.25, 0.3) is 0 Å². The van der Waals surface area contributed by atoms with Crippen LogP contribution in [0, 0.1) is 0 Å². The molecule has 24 heavy (non-hydrogen) atoms. The number of morpholine rings is 1. The predicted octanol–water partition coefficient (Wildman–Crippen LogP) is 3.36. The summed E-state index contributed by atoms with van der Waals surface area (Å²) < 4.78 is 8.21. The summed E-state index contributed by atoms with van der Waals surface area (Å²) in [4.78, 5) is 2.50. The molecule has 0 amide bonds. The Hall–Kier alpha value is -1.65. The van der Waals surface area contributed by atoms with Crippen LogP contribution in [0.4, 0.5) is 0 Å². The molecule has 2 heterocycles. The first-order chi connectivity index (χ1) is 11.5. The number of benzene rings is 1. The van der Waals surface area contributed by atoms with Crippen molar-refractivity contribution in [2.75, 3.05) is 13.1 Å². The fraction of sp³-hybridized carbons (Fsp3) is 0.550. The lowest BCUT2D eigenvalue weighted by molar-refractivity contribution is -0.131. The Morgan fingerprint density at radius 3 is 2.75 bits per heavy atom. The zero-order chi connectivity index (χ0) is 16.7. The van der Waals surface area contributed by atoms with Crippen molar-refractivity contribution < 1.29 is 4.74 Å². The highest BCUT2D eigenvalue weighted by atomic mass is 16.5. The minimum Gasteiger partial charge on any atom is -0.370 e. The maximum absolute atomic E-state index is 6.04. The van der Waals surface area contributed by atoms with E-state index in [4.69, 9.17) is 9.84 Å². The van der Waals surface area contributed by atoms with Gasteiger partial charge >= 0.3 is 0 Å². The summed E-state index contributed by atoms with van der Waals surface area (Å²) in [5.41, 5.74) is 5.25. The van der Waals surface area contributed by atoms with Gasteiger partial charge in [-0.25, -0.2) is 4.68 Å². The van der Waals surface area contributed by atoms with Gasteiger partial charge in [-0.05, 0) is 57.7 Å². The molecular weight excluding hydrogens is 298 g/mol. The van der Waals surface area contributed by atoms with Gasteiger partial charge in [-0.15, -0.1) is 0 Å². The first-order valence-corrected chi connectivity index (χ1v) is 9.07. The molecule has 1 unspecified atom stereocenters. The lowest BCUT2D eigenvalue weighted by Gasteiger charge is -2.41. The van der Waals surface area contributed by atoms with Gasteiger partial charge in [-0.1, -0.05) is 18.2 Å². The van der Waals surface area contributed by atoms with Crippen LogP contribution in [0.1, 0.15) is 44.1 Å². The summed E-state index contributed by atoms with van der Waals surface area (Å²) in [5, 5.41) is 5.00. The molecule has 0 saturated carbocycles. The van der Waals surface area contributed by atoms with Crippen molar-refractivity contribution in [2.45, 2.75) is 58.3 Å². The van der Waals surface area contributed by atoms with Gasteiger partial charge in [0.2, 0.25) is 0 Å². The van der Waals surface area contributed by atoms with Crippen molar-refractivity contribution in [1.29, 1.82) is 0 Å². The molecule has 4 nitrogen and oxygen atoms in total. The molecule has 1 fully saturated rings. The minimum absolute atomic E-state index is 0.0805. The average Bonchev–Trinajstić information content (AvgIpc) is 3.10. The van der Waals surface area contributed by atoms with Crippen LogP contribution in [0.3, 0.4) is 0 Å². The minimum atomic E-state index is -0.0805. The molecule has 2 aromatic rings. The molecule has 0 N–H and O–H groups in total. The average molecular weight is 325 g/mol. The van der Waals surface area contributed by atoms with E-state index in [1.807, 2.05) is 0 Å². The molecule has 0 bridgehead atoms. The van der Waals surface area contributed by atoms with Crippen LogP contribution in [-0.2, 0) is 24.1 Å². The molecule has 1 aliphatic carbocycles. The molecule has 1 aromatic carbocycles. The van der Waals surface area contributed by atoms with Gasteiger partial charge in [0, 0.05) is 25.3 Å². The van der Waals surface area contributed by atoms with E-state index >= 15 is 0 Å². The van der Waals surface area contributed by atoms with E-state index in [0.717, 1.165) is 26.1 Å². The van der Waals surface area contributed by atoms with Crippen molar-refractivity contribution in [3.05, 3.63) is 47.3 Å². The Bertz CT molecular complexity index is 720. The number of aromatic nitrogens is 2. The van der Waals surface area contributed by atoms with Gasteiger partial charge in [0.15, 0.2) is 0 Å². The smallest absolute Gasteiger partial charge is 0.0804 e. The summed E-state index contributed by atoms with van der Waals surface area (Å²) in [6.07, 6.45) is 3.83. The first-order valence-electron chi connectivity index (χ1n) is 9.07. The van der Waals surface area contributed by atoms with Crippen LogP contribution < -0.4 is 0 Å². The Morgan fingerprint density at radius 2 is 2.00 bits per heavy atom. The van der Waals surface area contributed by atoms with Crippen LogP contribution >= 0.6 is 0 Å². The zero-order valence-corrected chi connectivity index (χ0v) is 15.0. The highest BCUT2D eigenvalue weighted by Gasteiger charge is 2.33. The summed E-state index contributed by atoms with van der Waals surface area (Å²) in [6.45, 7) is 9.41. The van der Waals surface area contributed by atoms with E-state index in [2.05, 4.69) is 60.7 Å². The van der Waals surface area contributed by atoms with Crippen LogP contribution in [0.5, 0.6) is 0 Å². The topological polar surface area (TPSA) is 30.3 Å². The highest BCUT2D eigenvalue weighted by molar-refractivity contribution is 5.39. The third-order valence-electron chi connectivity index (χ3n) is 5.03. The number of ether oxygens (including phenoxy) is 1. The zero-order valence-electron chi connectivity index (χ0n) is 15.0. The second-order valence-electron chi connectivity index (χ2n) is 7.83. The van der Waals surface area contributed by atoms with Crippen molar-refractivity contribution in [3.63, 3.8) is 0 Å². The first kappa shape index (κ1) is 15.9. The molecule has 4 rings (SSSR count). The van der Waals surface area contributed by atoms with Gasteiger partial charge in [-0.3, -0.25) is 4.90 Å². The highest BCUT2D eigenvalue weighted by Crippen LogP contribution is 2.30. The van der Waals surface area contributed by atoms with E-state index in [9.17, 15) is 0 Å². The maximum Gasteiger partial charge on any atom is 0.0804 e. The fourth-order valence-electron chi connectivity index (χ4n) is 4.34. The van der Waals surface area contributed by atoms with E-state index in [1.165, 1.54) is 35.5 Å². The largest absolute Gasteiger partial charge is 0.370 e. The van der Waals surface area contributed by atoms with E-state index < -0.39 is 0 Å². The van der Waals surface area contributed by atoms with Crippen molar-refractivity contribution >= 4 is 0 Å². The summed E-state index contributed by atoms with van der Waals surface area (Å²) >= 11 is 0. The number of nitrogens with zero attached hydrogens (tertiary/aromatic N) is 3.